The van der Waals surface area contributed by atoms with Gasteiger partial charge in [-0.3, -0.25) is 19.5 Å². The first kappa shape index (κ1) is 21.8. The number of amides is 2. The third-order valence-electron chi connectivity index (χ3n) is 6.56. The van der Waals surface area contributed by atoms with Crippen molar-refractivity contribution in [3.8, 4) is 0 Å². The lowest BCUT2D eigenvalue weighted by molar-refractivity contribution is -0.135. The molecule has 0 bridgehead atoms. The van der Waals surface area contributed by atoms with Crippen molar-refractivity contribution in [3.63, 3.8) is 0 Å². The van der Waals surface area contributed by atoms with Gasteiger partial charge in [0, 0.05) is 50.3 Å². The molecular weight excluding hydrogens is 388 g/mol. The number of piperazine rings is 1. The van der Waals surface area contributed by atoms with E-state index in [-0.39, 0.29) is 11.8 Å². The van der Waals surface area contributed by atoms with Crippen molar-refractivity contribution in [3.05, 3.63) is 41.1 Å². The fourth-order valence-electron chi connectivity index (χ4n) is 5.09. The van der Waals surface area contributed by atoms with Crippen LogP contribution in [-0.2, 0) is 4.79 Å². The zero-order valence-corrected chi connectivity index (χ0v) is 19.2. The number of likely N-dealkylation sites (tertiary alicyclic amines) is 1. The minimum Gasteiger partial charge on any atom is -0.341 e. The summed E-state index contributed by atoms with van der Waals surface area (Å²) in [5, 5.41) is 0.918. The molecule has 1 aromatic carbocycles. The van der Waals surface area contributed by atoms with E-state index in [1.165, 1.54) is 6.42 Å². The van der Waals surface area contributed by atoms with Crippen LogP contribution in [0.15, 0.2) is 24.3 Å². The third-order valence-corrected chi connectivity index (χ3v) is 6.56. The standard InChI is InChI=1S/C25H34N4O2/c1-17-5-6-23-21(12-17)22(13-20(4)26-23)25(31)28-9-7-27(8-10-28)16-24(30)29-14-18(2)11-19(3)15-29/h5-6,12-13,18-19H,7-11,14-16H2,1-4H3. The second-order valence-corrected chi connectivity index (χ2v) is 9.64. The average molecular weight is 423 g/mol. The van der Waals surface area contributed by atoms with Crippen LogP contribution >= 0.6 is 0 Å². The van der Waals surface area contributed by atoms with Gasteiger partial charge < -0.3 is 9.80 Å². The van der Waals surface area contributed by atoms with E-state index in [0.29, 0.717) is 31.5 Å². The molecule has 2 atom stereocenters. The quantitative estimate of drug-likeness (QED) is 0.763. The van der Waals surface area contributed by atoms with Crippen molar-refractivity contribution in [2.24, 2.45) is 11.8 Å². The molecule has 166 valence electrons. The lowest BCUT2D eigenvalue weighted by Crippen LogP contribution is -2.53. The summed E-state index contributed by atoms with van der Waals surface area (Å²) in [5.74, 6) is 1.43. The van der Waals surface area contributed by atoms with Gasteiger partial charge in [-0.15, -0.1) is 0 Å². The van der Waals surface area contributed by atoms with Gasteiger partial charge in [0.2, 0.25) is 5.91 Å². The van der Waals surface area contributed by atoms with Crippen molar-refractivity contribution in [1.29, 1.82) is 0 Å². The molecule has 2 aliphatic rings. The van der Waals surface area contributed by atoms with Crippen LogP contribution in [0.25, 0.3) is 10.9 Å². The maximum Gasteiger partial charge on any atom is 0.254 e. The van der Waals surface area contributed by atoms with Crippen LogP contribution < -0.4 is 0 Å². The fraction of sp³-hybridized carbons (Fsp3) is 0.560. The zero-order valence-electron chi connectivity index (χ0n) is 19.2. The van der Waals surface area contributed by atoms with Gasteiger partial charge in [0.25, 0.3) is 5.91 Å². The summed E-state index contributed by atoms with van der Waals surface area (Å²) in [7, 11) is 0. The van der Waals surface area contributed by atoms with Crippen molar-refractivity contribution in [2.75, 3.05) is 45.8 Å². The summed E-state index contributed by atoms with van der Waals surface area (Å²) >= 11 is 0. The first-order chi connectivity index (χ1) is 14.8. The van der Waals surface area contributed by atoms with Gasteiger partial charge in [0.05, 0.1) is 17.6 Å². The number of hydrogen-bond acceptors (Lipinski definition) is 4. The summed E-state index contributed by atoms with van der Waals surface area (Å²) in [5.41, 5.74) is 3.57. The Labute approximate surface area is 185 Å². The van der Waals surface area contributed by atoms with Crippen LogP contribution in [0.4, 0.5) is 0 Å². The van der Waals surface area contributed by atoms with E-state index < -0.39 is 0 Å². The molecule has 2 aromatic rings. The van der Waals surface area contributed by atoms with Gasteiger partial charge in [-0.1, -0.05) is 25.5 Å². The van der Waals surface area contributed by atoms with Crippen molar-refractivity contribution >= 4 is 22.7 Å². The van der Waals surface area contributed by atoms with E-state index in [4.69, 9.17) is 0 Å². The smallest absolute Gasteiger partial charge is 0.254 e. The molecule has 31 heavy (non-hydrogen) atoms. The number of carbonyl (C=O) groups is 2. The Hall–Kier alpha value is -2.47. The second kappa shape index (κ2) is 8.95. The van der Waals surface area contributed by atoms with E-state index in [1.807, 2.05) is 47.9 Å². The maximum absolute atomic E-state index is 13.3. The highest BCUT2D eigenvalue weighted by atomic mass is 16.2. The first-order valence-electron chi connectivity index (χ1n) is 11.5. The number of piperidine rings is 1. The van der Waals surface area contributed by atoms with Crippen LogP contribution in [0.1, 0.15) is 41.9 Å². The molecule has 6 heteroatoms. The Kier molecular flexibility index (Phi) is 6.28. The molecule has 1 aromatic heterocycles. The minimum atomic E-state index is 0.0609. The summed E-state index contributed by atoms with van der Waals surface area (Å²) in [4.78, 5) is 36.9. The maximum atomic E-state index is 13.3. The van der Waals surface area contributed by atoms with Crippen LogP contribution in [-0.4, -0.2) is 77.3 Å². The molecule has 6 nitrogen and oxygen atoms in total. The van der Waals surface area contributed by atoms with E-state index in [9.17, 15) is 9.59 Å². The molecule has 2 fully saturated rings. The number of aryl methyl sites for hydroxylation is 2. The zero-order chi connectivity index (χ0) is 22.1. The normalized spacial score (nSPS) is 22.7. The lowest BCUT2D eigenvalue weighted by Gasteiger charge is -2.38. The predicted octanol–water partition coefficient (Wildman–Crippen LogP) is 3.11. The molecule has 0 saturated carbocycles. The van der Waals surface area contributed by atoms with E-state index in [1.54, 1.807) is 0 Å². The molecular formula is C25H34N4O2. The Bertz CT molecular complexity index is 971. The van der Waals surface area contributed by atoms with E-state index in [2.05, 4.69) is 23.7 Å². The van der Waals surface area contributed by atoms with Gasteiger partial charge in [-0.2, -0.15) is 0 Å². The Balaban J connectivity index is 1.39. The number of nitrogens with zero attached hydrogens (tertiary/aromatic N) is 4. The van der Waals surface area contributed by atoms with Gasteiger partial charge in [0.1, 0.15) is 0 Å². The SMILES string of the molecule is Cc1ccc2nc(C)cc(C(=O)N3CCN(CC(=O)N4CC(C)CC(C)C4)CC3)c2c1. The Morgan fingerprint density at radius 2 is 1.65 bits per heavy atom. The highest BCUT2D eigenvalue weighted by Gasteiger charge is 2.29. The molecule has 0 aliphatic carbocycles. The molecule has 4 rings (SSSR count). The topological polar surface area (TPSA) is 56.8 Å². The van der Waals surface area contributed by atoms with Crippen LogP contribution in [0.2, 0.25) is 0 Å². The highest BCUT2D eigenvalue weighted by molar-refractivity contribution is 6.06. The number of rotatable bonds is 3. The molecule has 3 heterocycles. The molecule has 0 spiro atoms. The predicted molar refractivity (Wildman–Crippen MR) is 123 cm³/mol. The molecule has 2 aliphatic heterocycles. The number of aromatic nitrogens is 1. The number of pyridine rings is 1. The Morgan fingerprint density at radius 1 is 0.968 bits per heavy atom. The molecule has 2 amide bonds. The number of hydrogen-bond donors (Lipinski definition) is 0. The number of carbonyl (C=O) groups excluding carboxylic acids is 2. The second-order valence-electron chi connectivity index (χ2n) is 9.64. The molecule has 2 unspecified atom stereocenters. The van der Waals surface area contributed by atoms with Crippen LogP contribution in [0.5, 0.6) is 0 Å². The number of benzene rings is 1. The highest BCUT2D eigenvalue weighted by Crippen LogP contribution is 2.23. The summed E-state index contributed by atoms with van der Waals surface area (Å²) < 4.78 is 0. The van der Waals surface area contributed by atoms with Crippen LogP contribution in [0, 0.1) is 25.7 Å². The fourth-order valence-corrected chi connectivity index (χ4v) is 5.09. The van der Waals surface area contributed by atoms with E-state index in [0.717, 1.165) is 53.9 Å². The van der Waals surface area contributed by atoms with Crippen molar-refractivity contribution in [1.82, 2.24) is 19.7 Å². The van der Waals surface area contributed by atoms with Gasteiger partial charge >= 0.3 is 0 Å². The molecule has 2 saturated heterocycles. The third kappa shape index (κ3) is 4.90. The van der Waals surface area contributed by atoms with Gasteiger partial charge in [-0.25, -0.2) is 0 Å². The summed E-state index contributed by atoms with van der Waals surface area (Å²) in [6.07, 6.45) is 1.20. The van der Waals surface area contributed by atoms with Gasteiger partial charge in [-0.05, 0) is 50.3 Å². The van der Waals surface area contributed by atoms with Crippen molar-refractivity contribution in [2.45, 2.75) is 34.1 Å². The van der Waals surface area contributed by atoms with Crippen LogP contribution in [0.3, 0.4) is 0 Å². The minimum absolute atomic E-state index is 0.0609. The lowest BCUT2D eigenvalue weighted by atomic mass is 9.92. The summed E-state index contributed by atoms with van der Waals surface area (Å²) in [6, 6.07) is 7.96. The van der Waals surface area contributed by atoms with Gasteiger partial charge in [0.15, 0.2) is 0 Å². The molecule has 0 N–H and O–H groups in total. The Morgan fingerprint density at radius 3 is 2.32 bits per heavy atom. The van der Waals surface area contributed by atoms with Crippen molar-refractivity contribution < 1.29 is 9.59 Å². The number of fused-ring (bicyclic) bond motifs is 1. The molecule has 0 radical (unpaired) electrons. The largest absolute Gasteiger partial charge is 0.341 e. The first-order valence-corrected chi connectivity index (χ1v) is 11.5. The average Bonchev–Trinajstić information content (AvgIpc) is 2.73. The van der Waals surface area contributed by atoms with E-state index >= 15 is 0 Å². The monoisotopic (exact) mass is 422 g/mol. The summed E-state index contributed by atoms with van der Waals surface area (Å²) in [6.45, 7) is 13.4.